The quantitative estimate of drug-likeness (QED) is 0.666. The minimum Gasteiger partial charge on any atom is -0.507 e. The van der Waals surface area contributed by atoms with E-state index in [0.29, 0.717) is 11.3 Å². The zero-order chi connectivity index (χ0) is 19.4. The first-order valence-corrected chi connectivity index (χ1v) is 8.41. The third-order valence-electron chi connectivity index (χ3n) is 4.24. The van der Waals surface area contributed by atoms with E-state index in [2.05, 4.69) is 0 Å². The van der Waals surface area contributed by atoms with Crippen molar-refractivity contribution in [2.45, 2.75) is 13.5 Å². The minimum absolute atomic E-state index is 0.0790. The highest BCUT2D eigenvalue weighted by Crippen LogP contribution is 2.28. The largest absolute Gasteiger partial charge is 0.507 e. The molecule has 27 heavy (non-hydrogen) atoms. The summed E-state index contributed by atoms with van der Waals surface area (Å²) in [6, 6.07) is 18.5. The second kappa shape index (κ2) is 7.83. The summed E-state index contributed by atoms with van der Waals surface area (Å²) in [7, 11) is 1.63. The van der Waals surface area contributed by atoms with Crippen molar-refractivity contribution in [1.29, 1.82) is 0 Å². The molecule has 138 valence electrons. The van der Waals surface area contributed by atoms with Crippen LogP contribution in [0.25, 0.3) is 11.1 Å². The molecule has 0 aliphatic rings. The molecular weight excluding hydrogens is 344 g/mol. The number of aromatic hydroxyl groups is 1. The van der Waals surface area contributed by atoms with Crippen molar-refractivity contribution in [3.8, 4) is 28.4 Å². The zero-order valence-corrected chi connectivity index (χ0v) is 15.1. The van der Waals surface area contributed by atoms with Gasteiger partial charge in [-0.1, -0.05) is 24.3 Å². The van der Waals surface area contributed by atoms with Gasteiger partial charge in [-0.05, 0) is 60.0 Å². The molecule has 0 atom stereocenters. The van der Waals surface area contributed by atoms with Gasteiger partial charge in [0.25, 0.3) is 0 Å². The van der Waals surface area contributed by atoms with Crippen molar-refractivity contribution < 1.29 is 24.5 Å². The number of benzene rings is 3. The van der Waals surface area contributed by atoms with Gasteiger partial charge in [0.15, 0.2) is 0 Å². The topological polar surface area (TPSA) is 76.0 Å². The van der Waals surface area contributed by atoms with Crippen LogP contribution in [0.3, 0.4) is 0 Å². The van der Waals surface area contributed by atoms with Gasteiger partial charge < -0.3 is 19.7 Å². The van der Waals surface area contributed by atoms with Crippen molar-refractivity contribution in [3.63, 3.8) is 0 Å². The molecule has 0 radical (unpaired) electrons. The summed E-state index contributed by atoms with van der Waals surface area (Å²) in [6.07, 6.45) is 0. The maximum absolute atomic E-state index is 11.2. The second-order valence-corrected chi connectivity index (χ2v) is 6.17. The van der Waals surface area contributed by atoms with Crippen LogP contribution < -0.4 is 9.47 Å². The Labute approximate surface area is 157 Å². The van der Waals surface area contributed by atoms with E-state index < -0.39 is 5.97 Å². The number of aryl methyl sites for hydroxylation is 1. The number of aromatic carboxylic acids is 1. The molecule has 0 aromatic heterocycles. The maximum Gasteiger partial charge on any atom is 0.339 e. The van der Waals surface area contributed by atoms with Crippen LogP contribution in [0.15, 0.2) is 60.7 Å². The van der Waals surface area contributed by atoms with E-state index in [1.807, 2.05) is 48.5 Å². The van der Waals surface area contributed by atoms with E-state index in [1.165, 1.54) is 6.07 Å². The number of methoxy groups -OCH3 is 1. The lowest BCUT2D eigenvalue weighted by Crippen LogP contribution is -2.03. The van der Waals surface area contributed by atoms with Crippen LogP contribution in [-0.2, 0) is 6.61 Å². The van der Waals surface area contributed by atoms with Crippen molar-refractivity contribution in [3.05, 3.63) is 77.4 Å². The van der Waals surface area contributed by atoms with Crippen LogP contribution in [0.4, 0.5) is 0 Å². The van der Waals surface area contributed by atoms with Gasteiger partial charge in [-0.2, -0.15) is 0 Å². The predicted octanol–water partition coefficient (Wildman–Crippen LogP) is 4.65. The smallest absolute Gasteiger partial charge is 0.339 e. The first-order valence-electron chi connectivity index (χ1n) is 8.41. The van der Waals surface area contributed by atoms with Gasteiger partial charge in [0.2, 0.25) is 0 Å². The Hall–Kier alpha value is -3.47. The average Bonchev–Trinajstić information content (AvgIpc) is 2.68. The Kier molecular flexibility index (Phi) is 5.31. The summed E-state index contributed by atoms with van der Waals surface area (Å²) in [5.74, 6) is 0.00619. The molecule has 0 bridgehead atoms. The van der Waals surface area contributed by atoms with Crippen LogP contribution in [0.1, 0.15) is 21.5 Å². The Balaban J connectivity index is 1.73. The fourth-order valence-corrected chi connectivity index (χ4v) is 2.82. The summed E-state index contributed by atoms with van der Waals surface area (Å²) in [4.78, 5) is 11.2. The number of hydrogen-bond acceptors (Lipinski definition) is 4. The van der Waals surface area contributed by atoms with Crippen LogP contribution in [0, 0.1) is 6.92 Å². The molecule has 0 heterocycles. The van der Waals surface area contributed by atoms with Gasteiger partial charge in [0.1, 0.15) is 29.4 Å². The zero-order valence-electron chi connectivity index (χ0n) is 15.1. The molecule has 3 rings (SSSR count). The average molecular weight is 364 g/mol. The summed E-state index contributed by atoms with van der Waals surface area (Å²) in [5, 5.41) is 19.3. The van der Waals surface area contributed by atoms with Crippen molar-refractivity contribution >= 4 is 5.97 Å². The maximum atomic E-state index is 11.2. The molecule has 0 fully saturated rings. The van der Waals surface area contributed by atoms with Gasteiger partial charge in [-0.15, -0.1) is 0 Å². The summed E-state index contributed by atoms with van der Waals surface area (Å²) >= 11 is 0. The van der Waals surface area contributed by atoms with Gasteiger partial charge in [-0.3, -0.25) is 0 Å². The number of carbonyl (C=O) groups is 1. The molecule has 0 unspecified atom stereocenters. The molecule has 3 aromatic rings. The highest BCUT2D eigenvalue weighted by molar-refractivity contribution is 5.91. The summed E-state index contributed by atoms with van der Waals surface area (Å²) < 4.78 is 10.9. The first kappa shape index (κ1) is 18.3. The van der Waals surface area contributed by atoms with E-state index in [0.717, 1.165) is 22.4 Å². The molecule has 2 N–H and O–H groups in total. The lowest BCUT2D eigenvalue weighted by Gasteiger charge is -2.11. The normalized spacial score (nSPS) is 10.4. The fourth-order valence-electron chi connectivity index (χ4n) is 2.82. The molecule has 0 saturated carbocycles. The Bertz CT molecular complexity index is 944. The molecule has 0 amide bonds. The molecule has 5 nitrogen and oxygen atoms in total. The molecule has 0 aliphatic heterocycles. The third kappa shape index (κ3) is 4.20. The van der Waals surface area contributed by atoms with Gasteiger partial charge >= 0.3 is 5.97 Å². The van der Waals surface area contributed by atoms with Crippen LogP contribution in [0.2, 0.25) is 0 Å². The number of phenols is 1. The molecule has 0 saturated heterocycles. The number of rotatable bonds is 6. The van der Waals surface area contributed by atoms with Crippen LogP contribution in [-0.4, -0.2) is 23.3 Å². The summed E-state index contributed by atoms with van der Waals surface area (Å²) in [6.45, 7) is 1.86. The van der Waals surface area contributed by atoms with Crippen LogP contribution >= 0.6 is 0 Å². The minimum atomic E-state index is -1.17. The summed E-state index contributed by atoms with van der Waals surface area (Å²) in [5.41, 5.74) is 3.16. The highest BCUT2D eigenvalue weighted by Gasteiger charge is 2.15. The Morgan fingerprint density at radius 2 is 1.48 bits per heavy atom. The lowest BCUT2D eigenvalue weighted by atomic mass is 10.0. The molecule has 0 spiro atoms. The van der Waals surface area contributed by atoms with E-state index >= 15 is 0 Å². The monoisotopic (exact) mass is 364 g/mol. The molecule has 5 heteroatoms. The van der Waals surface area contributed by atoms with Crippen LogP contribution in [0.5, 0.6) is 17.2 Å². The van der Waals surface area contributed by atoms with E-state index in [-0.39, 0.29) is 17.9 Å². The van der Waals surface area contributed by atoms with Gasteiger partial charge in [0.05, 0.1) is 7.11 Å². The van der Waals surface area contributed by atoms with E-state index in [9.17, 15) is 9.90 Å². The lowest BCUT2D eigenvalue weighted by molar-refractivity contribution is 0.0693. The number of ether oxygens (including phenoxy) is 2. The third-order valence-corrected chi connectivity index (χ3v) is 4.24. The van der Waals surface area contributed by atoms with E-state index in [1.54, 1.807) is 20.1 Å². The second-order valence-electron chi connectivity index (χ2n) is 6.17. The predicted molar refractivity (Wildman–Crippen MR) is 103 cm³/mol. The van der Waals surface area contributed by atoms with E-state index in [4.69, 9.17) is 14.6 Å². The van der Waals surface area contributed by atoms with Crippen molar-refractivity contribution in [1.82, 2.24) is 0 Å². The van der Waals surface area contributed by atoms with Gasteiger partial charge in [0, 0.05) is 5.56 Å². The number of hydrogen-bond donors (Lipinski definition) is 2. The van der Waals surface area contributed by atoms with Crippen molar-refractivity contribution in [2.24, 2.45) is 0 Å². The first-order chi connectivity index (χ1) is 13.0. The molecule has 0 aliphatic carbocycles. The molecular formula is C22H20O5. The van der Waals surface area contributed by atoms with Gasteiger partial charge in [-0.25, -0.2) is 4.79 Å². The fraction of sp³-hybridized carbons (Fsp3) is 0.136. The standard InChI is InChI=1S/C22H20O5/c1-14-11-17(21(23)20(12-14)22(24)25)13-27-19-9-5-16(6-10-19)15-3-7-18(26-2)8-4-15/h3-12,23H,13H2,1-2H3,(H,24,25). The Morgan fingerprint density at radius 1 is 0.926 bits per heavy atom. The Morgan fingerprint density at radius 3 is 2.00 bits per heavy atom. The molecule has 3 aromatic carbocycles. The number of carboxylic acid groups (broad SMARTS) is 1. The van der Waals surface area contributed by atoms with Crippen molar-refractivity contribution in [2.75, 3.05) is 7.11 Å². The number of carboxylic acids is 1. The highest BCUT2D eigenvalue weighted by atomic mass is 16.5. The SMILES string of the molecule is COc1ccc(-c2ccc(OCc3cc(C)cc(C(=O)O)c3O)cc2)cc1.